The Balaban J connectivity index is 0.000000640. The molecule has 1 aromatic rings. The van der Waals surface area contributed by atoms with Crippen molar-refractivity contribution in [2.45, 2.75) is 14.0 Å². The van der Waals surface area contributed by atoms with Crippen molar-refractivity contribution in [2.75, 3.05) is 7.11 Å². The molecule has 0 saturated carbocycles. The minimum Gasteiger partial charge on any atom is -0.425 e. The van der Waals surface area contributed by atoms with Gasteiger partial charge in [-0.3, -0.25) is 0 Å². The van der Waals surface area contributed by atoms with Gasteiger partial charge in [0.25, 0.3) is 0 Å². The Morgan fingerprint density at radius 1 is 1.78 bits per heavy atom. The summed E-state index contributed by atoms with van der Waals surface area (Å²) in [5.41, 5.74) is 0. The van der Waals surface area contributed by atoms with Crippen molar-refractivity contribution >= 4 is 0 Å². The summed E-state index contributed by atoms with van der Waals surface area (Å²) in [6.45, 7) is 0.389. The molecule has 0 aliphatic carbocycles. The van der Waals surface area contributed by atoms with Crippen LogP contribution in [0.2, 0.25) is 0 Å². The second-order valence-electron chi connectivity index (χ2n) is 1.27. The van der Waals surface area contributed by atoms with Gasteiger partial charge in [-0.1, -0.05) is 7.43 Å². The van der Waals surface area contributed by atoms with Gasteiger partial charge in [0.15, 0.2) is 0 Å². The molecule has 0 atom stereocenters. The zero-order valence-corrected chi connectivity index (χ0v) is 4.50. The maximum Gasteiger partial charge on any atom is 0.241 e. The third kappa shape index (κ3) is 2.23. The average Bonchev–Trinajstić information content (AvgIpc) is 2.19. The summed E-state index contributed by atoms with van der Waals surface area (Å²) in [4.78, 5) is 0. The highest BCUT2D eigenvalue weighted by Gasteiger charge is 1.92. The molecule has 0 spiro atoms. The van der Waals surface area contributed by atoms with E-state index < -0.39 is 0 Å². The molecule has 1 heterocycles. The second-order valence-corrected chi connectivity index (χ2v) is 1.27. The summed E-state index contributed by atoms with van der Waals surface area (Å²) in [5, 5.41) is 7.01. The predicted molar refractivity (Wildman–Crippen MR) is 31.7 cm³/mol. The predicted octanol–water partition coefficient (Wildman–Crippen LogP) is 0.852. The van der Waals surface area contributed by atoms with E-state index in [1.165, 1.54) is 6.39 Å². The largest absolute Gasteiger partial charge is 0.425 e. The fraction of sp³-hybridized carbons (Fsp3) is 0.600. The quantitative estimate of drug-likeness (QED) is 0.595. The molecule has 52 valence electrons. The van der Waals surface area contributed by atoms with Crippen molar-refractivity contribution < 1.29 is 9.15 Å². The molecule has 0 aromatic carbocycles. The molecule has 0 saturated heterocycles. The Morgan fingerprint density at radius 3 is 3.00 bits per heavy atom. The van der Waals surface area contributed by atoms with Crippen LogP contribution in [0.15, 0.2) is 10.8 Å². The molecule has 0 fully saturated rings. The topological polar surface area (TPSA) is 48.2 Å². The van der Waals surface area contributed by atoms with E-state index in [4.69, 9.17) is 4.42 Å². The molecule has 4 heteroatoms. The smallest absolute Gasteiger partial charge is 0.241 e. The van der Waals surface area contributed by atoms with Crippen LogP contribution in [0.1, 0.15) is 13.3 Å². The maximum absolute atomic E-state index is 4.73. The average molecular weight is 130 g/mol. The van der Waals surface area contributed by atoms with Gasteiger partial charge < -0.3 is 9.15 Å². The molecular weight excluding hydrogens is 120 g/mol. The molecule has 1 rings (SSSR count). The SMILES string of the molecule is C.COCc1nnco1. The Bertz CT molecular complexity index is 139. The first-order chi connectivity index (χ1) is 3.93. The summed E-state index contributed by atoms with van der Waals surface area (Å²) in [7, 11) is 1.57. The van der Waals surface area contributed by atoms with E-state index in [2.05, 4.69) is 14.9 Å². The van der Waals surface area contributed by atoms with E-state index >= 15 is 0 Å². The van der Waals surface area contributed by atoms with E-state index in [1.807, 2.05) is 0 Å². The van der Waals surface area contributed by atoms with Crippen LogP contribution in [0.4, 0.5) is 0 Å². The van der Waals surface area contributed by atoms with Crippen molar-refractivity contribution in [1.82, 2.24) is 10.2 Å². The van der Waals surface area contributed by atoms with Gasteiger partial charge in [0.2, 0.25) is 12.3 Å². The van der Waals surface area contributed by atoms with Gasteiger partial charge in [-0.15, -0.1) is 10.2 Å². The molecule has 4 nitrogen and oxygen atoms in total. The molecule has 0 N–H and O–H groups in total. The number of hydrogen-bond donors (Lipinski definition) is 0. The van der Waals surface area contributed by atoms with Crippen molar-refractivity contribution in [3.05, 3.63) is 12.3 Å². The lowest BCUT2D eigenvalue weighted by molar-refractivity contribution is 0.159. The van der Waals surface area contributed by atoms with E-state index in [0.29, 0.717) is 12.5 Å². The Kier molecular flexibility index (Phi) is 3.62. The molecule has 1 aromatic heterocycles. The lowest BCUT2D eigenvalue weighted by Gasteiger charge is -1.85. The van der Waals surface area contributed by atoms with Crippen molar-refractivity contribution in [3.63, 3.8) is 0 Å². The summed E-state index contributed by atoms with van der Waals surface area (Å²) in [5.74, 6) is 0.507. The monoisotopic (exact) mass is 130 g/mol. The van der Waals surface area contributed by atoms with Gasteiger partial charge in [-0.25, -0.2) is 0 Å². The number of ether oxygens (including phenoxy) is 1. The van der Waals surface area contributed by atoms with Crippen LogP contribution in [-0.2, 0) is 11.3 Å². The van der Waals surface area contributed by atoms with E-state index in [0.717, 1.165) is 0 Å². The minimum atomic E-state index is 0. The highest BCUT2D eigenvalue weighted by Crippen LogP contribution is 1.90. The standard InChI is InChI=1S/C4H6N2O2.CH4/c1-7-2-4-6-5-3-8-4;/h3H,2H2,1H3;1H4. The molecule has 9 heavy (non-hydrogen) atoms. The summed E-state index contributed by atoms with van der Waals surface area (Å²) in [6.07, 6.45) is 1.27. The first kappa shape index (κ1) is 8.10. The number of rotatable bonds is 2. The first-order valence-electron chi connectivity index (χ1n) is 2.17. The van der Waals surface area contributed by atoms with Crippen LogP contribution in [0.25, 0.3) is 0 Å². The van der Waals surface area contributed by atoms with Crippen LogP contribution >= 0.6 is 0 Å². The normalized spacial score (nSPS) is 8.56. The van der Waals surface area contributed by atoms with Gasteiger partial charge >= 0.3 is 0 Å². The molecular formula is C5H10N2O2. The van der Waals surface area contributed by atoms with Crippen molar-refractivity contribution in [3.8, 4) is 0 Å². The van der Waals surface area contributed by atoms with Crippen LogP contribution in [0.5, 0.6) is 0 Å². The molecule has 0 aliphatic rings. The summed E-state index contributed by atoms with van der Waals surface area (Å²) >= 11 is 0. The molecule has 0 unspecified atom stereocenters. The summed E-state index contributed by atoms with van der Waals surface area (Å²) in [6, 6.07) is 0. The fourth-order valence-corrected chi connectivity index (χ4v) is 0.382. The number of methoxy groups -OCH3 is 1. The van der Waals surface area contributed by atoms with Gasteiger partial charge in [0.05, 0.1) is 0 Å². The highest BCUT2D eigenvalue weighted by molar-refractivity contribution is 4.65. The van der Waals surface area contributed by atoms with Crippen LogP contribution in [0, 0.1) is 0 Å². The highest BCUT2D eigenvalue weighted by atomic mass is 16.5. The maximum atomic E-state index is 4.73. The van der Waals surface area contributed by atoms with Gasteiger partial charge in [-0.2, -0.15) is 0 Å². The van der Waals surface area contributed by atoms with Gasteiger partial charge in [0, 0.05) is 7.11 Å². The molecule has 0 radical (unpaired) electrons. The first-order valence-corrected chi connectivity index (χ1v) is 2.17. The molecule has 0 amide bonds. The van der Waals surface area contributed by atoms with Gasteiger partial charge in [-0.05, 0) is 0 Å². The Morgan fingerprint density at radius 2 is 2.56 bits per heavy atom. The molecule has 0 bridgehead atoms. The second kappa shape index (κ2) is 4.03. The summed E-state index contributed by atoms with van der Waals surface area (Å²) < 4.78 is 9.42. The minimum absolute atomic E-state index is 0. The third-order valence-electron chi connectivity index (χ3n) is 0.673. The lowest BCUT2D eigenvalue weighted by atomic mass is 10.7. The van der Waals surface area contributed by atoms with Crippen molar-refractivity contribution in [2.24, 2.45) is 0 Å². The number of nitrogens with zero attached hydrogens (tertiary/aromatic N) is 2. The fourth-order valence-electron chi connectivity index (χ4n) is 0.382. The van der Waals surface area contributed by atoms with E-state index in [9.17, 15) is 0 Å². The molecule has 0 aliphatic heterocycles. The van der Waals surface area contributed by atoms with Gasteiger partial charge in [0.1, 0.15) is 6.61 Å². The van der Waals surface area contributed by atoms with Crippen LogP contribution in [0.3, 0.4) is 0 Å². The lowest BCUT2D eigenvalue weighted by Crippen LogP contribution is -1.85. The zero-order chi connectivity index (χ0) is 5.82. The number of aromatic nitrogens is 2. The van der Waals surface area contributed by atoms with Crippen LogP contribution in [-0.4, -0.2) is 17.3 Å². The van der Waals surface area contributed by atoms with E-state index in [1.54, 1.807) is 7.11 Å². The Labute approximate surface area is 53.8 Å². The van der Waals surface area contributed by atoms with Crippen molar-refractivity contribution in [1.29, 1.82) is 0 Å². The zero-order valence-electron chi connectivity index (χ0n) is 4.50. The number of hydrogen-bond acceptors (Lipinski definition) is 4. The Hall–Kier alpha value is -0.900. The van der Waals surface area contributed by atoms with Crippen LogP contribution < -0.4 is 0 Å². The third-order valence-corrected chi connectivity index (χ3v) is 0.673. The van der Waals surface area contributed by atoms with E-state index in [-0.39, 0.29) is 7.43 Å².